The van der Waals surface area contributed by atoms with E-state index >= 15 is 0 Å². The Morgan fingerprint density at radius 3 is 2.39 bits per heavy atom. The van der Waals surface area contributed by atoms with Crippen LogP contribution in [0.15, 0.2) is 63.9 Å². The van der Waals surface area contributed by atoms with Gasteiger partial charge in [0.25, 0.3) is 5.91 Å². The molecule has 3 aromatic rings. The highest BCUT2D eigenvalue weighted by molar-refractivity contribution is 7.92. The van der Waals surface area contributed by atoms with Crippen LogP contribution in [0.5, 0.6) is 5.75 Å². The predicted molar refractivity (Wildman–Crippen MR) is 103 cm³/mol. The molecule has 0 spiro atoms. The van der Waals surface area contributed by atoms with Gasteiger partial charge in [0.1, 0.15) is 5.75 Å². The molecule has 146 valence electrons. The SMILES string of the molecule is CC(C)S(=O)(=O)c1ccc(-c2nnc(NC(=O)COc3ccccc3)o2)cc1. The maximum Gasteiger partial charge on any atom is 0.322 e. The molecule has 1 N–H and O–H groups in total. The number of anilines is 1. The molecule has 28 heavy (non-hydrogen) atoms. The smallest absolute Gasteiger partial charge is 0.322 e. The summed E-state index contributed by atoms with van der Waals surface area (Å²) < 4.78 is 35.1. The first kappa shape index (κ1) is 19.6. The van der Waals surface area contributed by atoms with E-state index in [4.69, 9.17) is 9.15 Å². The maximum atomic E-state index is 12.2. The van der Waals surface area contributed by atoms with Gasteiger partial charge in [-0.2, -0.15) is 0 Å². The molecule has 3 rings (SSSR count). The van der Waals surface area contributed by atoms with Crippen molar-refractivity contribution in [1.29, 1.82) is 0 Å². The molecule has 1 heterocycles. The Labute approximate surface area is 162 Å². The van der Waals surface area contributed by atoms with E-state index in [1.807, 2.05) is 6.07 Å². The first-order valence-corrected chi connectivity index (χ1v) is 10.1. The molecule has 1 amide bonds. The average molecular weight is 401 g/mol. The number of carbonyl (C=O) groups is 1. The van der Waals surface area contributed by atoms with Crippen LogP contribution in [0.4, 0.5) is 6.01 Å². The number of benzene rings is 2. The third-order valence-electron chi connectivity index (χ3n) is 3.83. The second-order valence-corrected chi connectivity index (χ2v) is 8.68. The van der Waals surface area contributed by atoms with Gasteiger partial charge in [0.2, 0.25) is 5.89 Å². The van der Waals surface area contributed by atoms with Gasteiger partial charge in [-0.3, -0.25) is 10.1 Å². The van der Waals surface area contributed by atoms with Gasteiger partial charge in [-0.15, -0.1) is 5.10 Å². The summed E-state index contributed by atoms with van der Waals surface area (Å²) in [5.41, 5.74) is 0.538. The number of hydrogen-bond donors (Lipinski definition) is 1. The fourth-order valence-corrected chi connectivity index (χ4v) is 3.33. The topological polar surface area (TPSA) is 111 Å². The zero-order chi connectivity index (χ0) is 20.1. The normalized spacial score (nSPS) is 11.4. The Hall–Kier alpha value is -3.20. The van der Waals surface area contributed by atoms with Gasteiger partial charge in [-0.25, -0.2) is 8.42 Å². The summed E-state index contributed by atoms with van der Waals surface area (Å²) in [7, 11) is -3.35. The number of aromatic nitrogens is 2. The molecular formula is C19H19N3O5S. The van der Waals surface area contributed by atoms with Gasteiger partial charge in [-0.05, 0) is 50.2 Å². The van der Waals surface area contributed by atoms with Gasteiger partial charge < -0.3 is 9.15 Å². The van der Waals surface area contributed by atoms with Crippen LogP contribution in [0.25, 0.3) is 11.5 Å². The summed E-state index contributed by atoms with van der Waals surface area (Å²) >= 11 is 0. The number of ether oxygens (including phenoxy) is 1. The number of nitrogens with one attached hydrogen (secondary N) is 1. The molecule has 0 aliphatic carbocycles. The summed E-state index contributed by atoms with van der Waals surface area (Å²) in [6.07, 6.45) is 0. The number of para-hydroxylation sites is 1. The highest BCUT2D eigenvalue weighted by atomic mass is 32.2. The number of carbonyl (C=O) groups excluding carboxylic acids is 1. The Morgan fingerprint density at radius 2 is 1.75 bits per heavy atom. The first-order valence-electron chi connectivity index (χ1n) is 8.52. The zero-order valence-electron chi connectivity index (χ0n) is 15.3. The Morgan fingerprint density at radius 1 is 1.07 bits per heavy atom. The van der Waals surface area contributed by atoms with E-state index in [1.165, 1.54) is 12.1 Å². The van der Waals surface area contributed by atoms with Crippen molar-refractivity contribution in [3.05, 3.63) is 54.6 Å². The fraction of sp³-hybridized carbons (Fsp3) is 0.211. The summed E-state index contributed by atoms with van der Waals surface area (Å²) in [4.78, 5) is 12.1. The zero-order valence-corrected chi connectivity index (χ0v) is 16.1. The maximum absolute atomic E-state index is 12.2. The van der Waals surface area contributed by atoms with Gasteiger partial charge >= 0.3 is 6.01 Å². The van der Waals surface area contributed by atoms with Crippen molar-refractivity contribution in [2.75, 3.05) is 11.9 Å². The van der Waals surface area contributed by atoms with Crippen molar-refractivity contribution in [3.63, 3.8) is 0 Å². The van der Waals surface area contributed by atoms with Gasteiger partial charge in [0, 0.05) is 5.56 Å². The van der Waals surface area contributed by atoms with Crippen LogP contribution in [-0.4, -0.2) is 36.4 Å². The van der Waals surface area contributed by atoms with Crippen molar-refractivity contribution in [2.45, 2.75) is 24.0 Å². The minimum absolute atomic E-state index is 0.0736. The van der Waals surface area contributed by atoms with Crippen LogP contribution < -0.4 is 10.1 Å². The highest BCUT2D eigenvalue weighted by Crippen LogP contribution is 2.23. The van der Waals surface area contributed by atoms with Gasteiger partial charge in [0.05, 0.1) is 10.1 Å². The van der Waals surface area contributed by atoms with E-state index in [-0.39, 0.29) is 23.4 Å². The number of sulfone groups is 1. The molecule has 0 fully saturated rings. The minimum atomic E-state index is -3.35. The lowest BCUT2D eigenvalue weighted by Gasteiger charge is -2.07. The molecule has 0 radical (unpaired) electrons. The second kappa shape index (κ2) is 8.22. The van der Waals surface area contributed by atoms with E-state index in [0.29, 0.717) is 11.3 Å². The van der Waals surface area contributed by atoms with Crippen LogP contribution in [0.3, 0.4) is 0 Å². The van der Waals surface area contributed by atoms with Crippen molar-refractivity contribution < 1.29 is 22.4 Å². The molecule has 2 aromatic carbocycles. The quantitative estimate of drug-likeness (QED) is 0.648. The summed E-state index contributed by atoms with van der Waals surface area (Å²) in [5, 5.41) is 9.57. The van der Waals surface area contributed by atoms with E-state index in [0.717, 1.165) is 0 Å². The van der Waals surface area contributed by atoms with Gasteiger partial charge in [-0.1, -0.05) is 23.3 Å². The molecular weight excluding hydrogens is 382 g/mol. The largest absolute Gasteiger partial charge is 0.484 e. The van der Waals surface area contributed by atoms with Crippen molar-refractivity contribution >= 4 is 21.8 Å². The molecule has 0 aliphatic rings. The summed E-state index contributed by atoms with van der Waals surface area (Å²) in [5.74, 6) is 0.283. The lowest BCUT2D eigenvalue weighted by Crippen LogP contribution is -2.20. The Balaban J connectivity index is 1.63. The summed E-state index contributed by atoms with van der Waals surface area (Å²) in [6, 6.07) is 15.0. The molecule has 9 heteroatoms. The molecule has 0 aliphatic heterocycles. The van der Waals surface area contributed by atoms with Crippen molar-refractivity contribution in [1.82, 2.24) is 10.2 Å². The van der Waals surface area contributed by atoms with E-state index < -0.39 is 21.0 Å². The number of rotatable bonds is 7. The third kappa shape index (κ3) is 4.55. The van der Waals surface area contributed by atoms with Crippen LogP contribution in [0, 0.1) is 0 Å². The van der Waals surface area contributed by atoms with Crippen molar-refractivity contribution in [3.8, 4) is 17.2 Å². The van der Waals surface area contributed by atoms with Crippen LogP contribution >= 0.6 is 0 Å². The lowest BCUT2D eigenvalue weighted by atomic mass is 10.2. The first-order chi connectivity index (χ1) is 13.4. The predicted octanol–water partition coefficient (Wildman–Crippen LogP) is 2.94. The fourth-order valence-electron chi connectivity index (χ4n) is 2.27. The number of nitrogens with zero attached hydrogens (tertiary/aromatic N) is 2. The molecule has 0 saturated carbocycles. The second-order valence-electron chi connectivity index (χ2n) is 6.18. The van der Waals surface area contributed by atoms with Gasteiger partial charge in [0.15, 0.2) is 16.4 Å². The van der Waals surface area contributed by atoms with Crippen LogP contribution in [0.1, 0.15) is 13.8 Å². The molecule has 0 saturated heterocycles. The van der Waals surface area contributed by atoms with Crippen molar-refractivity contribution in [2.24, 2.45) is 0 Å². The lowest BCUT2D eigenvalue weighted by molar-refractivity contribution is -0.118. The van der Waals surface area contributed by atoms with E-state index in [1.54, 1.807) is 50.2 Å². The number of hydrogen-bond acceptors (Lipinski definition) is 7. The summed E-state index contributed by atoms with van der Waals surface area (Å²) in [6.45, 7) is 3.04. The van der Waals surface area contributed by atoms with E-state index in [2.05, 4.69) is 15.5 Å². The molecule has 1 aromatic heterocycles. The molecule has 8 nitrogen and oxygen atoms in total. The Kier molecular flexibility index (Phi) is 5.74. The molecule has 0 unspecified atom stereocenters. The monoisotopic (exact) mass is 401 g/mol. The van der Waals surface area contributed by atoms with E-state index in [9.17, 15) is 13.2 Å². The average Bonchev–Trinajstić information content (AvgIpc) is 3.15. The minimum Gasteiger partial charge on any atom is -0.484 e. The number of amides is 1. The van der Waals surface area contributed by atoms with Crippen LogP contribution in [-0.2, 0) is 14.6 Å². The molecule has 0 bridgehead atoms. The highest BCUT2D eigenvalue weighted by Gasteiger charge is 2.19. The Bertz CT molecular complexity index is 1040. The molecule has 0 atom stereocenters. The van der Waals surface area contributed by atoms with Crippen LogP contribution in [0.2, 0.25) is 0 Å². The third-order valence-corrected chi connectivity index (χ3v) is 6.01. The standard InChI is InChI=1S/C19H19N3O5S/c1-13(2)28(24,25)16-10-8-14(9-11-16)18-21-22-19(27-18)20-17(23)12-26-15-6-4-3-5-7-15/h3-11,13H,12H2,1-2H3,(H,20,22,23).